The van der Waals surface area contributed by atoms with E-state index in [1.165, 1.54) is 17.5 Å². The maximum atomic E-state index is 5.20. The van der Waals surface area contributed by atoms with Gasteiger partial charge in [-0.1, -0.05) is 43.7 Å². The Morgan fingerprint density at radius 2 is 2.11 bits per heavy atom. The molecular weight excluding hydrogens is 222 g/mol. The van der Waals surface area contributed by atoms with Gasteiger partial charge in [-0.25, -0.2) is 0 Å². The largest absolute Gasteiger partial charge is 0.385 e. The maximum Gasteiger partial charge on any atom is 0.0465 e. The molecule has 0 aromatic heterocycles. The van der Waals surface area contributed by atoms with Crippen LogP contribution in [0.2, 0.25) is 0 Å². The summed E-state index contributed by atoms with van der Waals surface area (Å²) in [4.78, 5) is 0. The normalized spacial score (nSPS) is 14.4. The number of methoxy groups -OCH3 is 1. The van der Waals surface area contributed by atoms with Crippen LogP contribution >= 0.6 is 0 Å². The molecule has 0 amide bonds. The van der Waals surface area contributed by atoms with Gasteiger partial charge in [0.1, 0.15) is 0 Å². The van der Waals surface area contributed by atoms with E-state index >= 15 is 0 Å². The van der Waals surface area contributed by atoms with Crippen molar-refractivity contribution in [1.82, 2.24) is 5.32 Å². The standard InChI is InChI=1S/C16H27NO/c1-5-10-17-16(14(3)9-11-18-4)15-8-6-7-13(2)12-15/h6-8,12,14,16-17H,5,9-11H2,1-4H3. The second-order valence-corrected chi connectivity index (χ2v) is 5.10. The van der Waals surface area contributed by atoms with Crippen LogP contribution in [0.3, 0.4) is 0 Å². The third-order valence-corrected chi connectivity index (χ3v) is 3.36. The van der Waals surface area contributed by atoms with Crippen LogP contribution in [0.5, 0.6) is 0 Å². The van der Waals surface area contributed by atoms with E-state index in [1.807, 2.05) is 0 Å². The topological polar surface area (TPSA) is 21.3 Å². The lowest BCUT2D eigenvalue weighted by Crippen LogP contribution is -2.28. The molecule has 1 aromatic rings. The molecule has 0 aliphatic heterocycles. The molecule has 0 saturated heterocycles. The van der Waals surface area contributed by atoms with Crippen molar-refractivity contribution >= 4 is 0 Å². The van der Waals surface area contributed by atoms with Crippen molar-refractivity contribution in [2.75, 3.05) is 20.3 Å². The van der Waals surface area contributed by atoms with Gasteiger partial charge in [0.2, 0.25) is 0 Å². The predicted octanol–water partition coefficient (Wildman–Crippen LogP) is 3.71. The molecule has 2 unspecified atom stereocenters. The van der Waals surface area contributed by atoms with Crippen LogP contribution < -0.4 is 5.32 Å². The van der Waals surface area contributed by atoms with Gasteiger partial charge in [-0.2, -0.15) is 0 Å². The molecule has 2 atom stereocenters. The smallest absolute Gasteiger partial charge is 0.0465 e. The van der Waals surface area contributed by atoms with E-state index in [9.17, 15) is 0 Å². The number of aryl methyl sites for hydroxylation is 1. The van der Waals surface area contributed by atoms with Crippen molar-refractivity contribution in [2.24, 2.45) is 5.92 Å². The Hall–Kier alpha value is -0.860. The summed E-state index contributed by atoms with van der Waals surface area (Å²) < 4.78 is 5.20. The van der Waals surface area contributed by atoms with E-state index < -0.39 is 0 Å². The average molecular weight is 249 g/mol. The van der Waals surface area contributed by atoms with Gasteiger partial charge in [-0.3, -0.25) is 0 Å². The van der Waals surface area contributed by atoms with E-state index in [1.54, 1.807) is 7.11 Å². The molecule has 0 aliphatic rings. The Morgan fingerprint density at radius 3 is 2.72 bits per heavy atom. The van der Waals surface area contributed by atoms with Crippen molar-refractivity contribution in [2.45, 2.75) is 39.7 Å². The first-order valence-electron chi connectivity index (χ1n) is 6.98. The van der Waals surface area contributed by atoms with Gasteiger partial charge in [0.05, 0.1) is 0 Å². The van der Waals surface area contributed by atoms with E-state index in [-0.39, 0.29) is 0 Å². The lowest BCUT2D eigenvalue weighted by molar-refractivity contribution is 0.170. The Balaban J connectivity index is 2.76. The first-order chi connectivity index (χ1) is 8.69. The Kier molecular flexibility index (Phi) is 6.99. The third-order valence-electron chi connectivity index (χ3n) is 3.36. The van der Waals surface area contributed by atoms with Gasteiger partial charge in [0.15, 0.2) is 0 Å². The number of nitrogens with one attached hydrogen (secondary N) is 1. The second-order valence-electron chi connectivity index (χ2n) is 5.10. The summed E-state index contributed by atoms with van der Waals surface area (Å²) in [5, 5.41) is 3.67. The zero-order valence-corrected chi connectivity index (χ0v) is 12.2. The van der Waals surface area contributed by atoms with Crippen LogP contribution in [0.4, 0.5) is 0 Å². The minimum absolute atomic E-state index is 0.431. The Labute approximate surface area is 112 Å². The summed E-state index contributed by atoms with van der Waals surface area (Å²) in [6, 6.07) is 9.24. The average Bonchev–Trinajstić information content (AvgIpc) is 2.37. The summed E-state index contributed by atoms with van der Waals surface area (Å²) in [5.74, 6) is 0.582. The highest BCUT2D eigenvalue weighted by Gasteiger charge is 2.18. The predicted molar refractivity (Wildman–Crippen MR) is 77.9 cm³/mol. The number of hydrogen-bond acceptors (Lipinski definition) is 2. The second kappa shape index (κ2) is 8.28. The highest BCUT2D eigenvalue weighted by atomic mass is 16.5. The Bertz CT molecular complexity index is 338. The molecule has 2 nitrogen and oxygen atoms in total. The molecule has 1 aromatic carbocycles. The van der Waals surface area contributed by atoms with Crippen molar-refractivity contribution in [1.29, 1.82) is 0 Å². The zero-order valence-electron chi connectivity index (χ0n) is 12.2. The van der Waals surface area contributed by atoms with Crippen LogP contribution in [0, 0.1) is 12.8 Å². The fourth-order valence-corrected chi connectivity index (χ4v) is 2.28. The van der Waals surface area contributed by atoms with Crippen LogP contribution in [-0.4, -0.2) is 20.3 Å². The summed E-state index contributed by atoms with van der Waals surface area (Å²) in [5.41, 5.74) is 2.72. The zero-order chi connectivity index (χ0) is 13.4. The van der Waals surface area contributed by atoms with Crippen molar-refractivity contribution in [3.8, 4) is 0 Å². The molecule has 0 aliphatic carbocycles. The van der Waals surface area contributed by atoms with Crippen LogP contribution in [-0.2, 0) is 4.74 Å². The third kappa shape index (κ3) is 4.79. The van der Waals surface area contributed by atoms with Crippen LogP contribution in [0.15, 0.2) is 24.3 Å². The fourth-order valence-electron chi connectivity index (χ4n) is 2.28. The number of ether oxygens (including phenoxy) is 1. The van der Waals surface area contributed by atoms with E-state index in [0.29, 0.717) is 12.0 Å². The van der Waals surface area contributed by atoms with E-state index in [2.05, 4.69) is 50.4 Å². The lowest BCUT2D eigenvalue weighted by Gasteiger charge is -2.26. The first-order valence-corrected chi connectivity index (χ1v) is 6.98. The molecule has 0 saturated carbocycles. The van der Waals surface area contributed by atoms with E-state index in [4.69, 9.17) is 4.74 Å². The lowest BCUT2D eigenvalue weighted by atomic mass is 9.91. The number of rotatable bonds is 8. The highest BCUT2D eigenvalue weighted by molar-refractivity contribution is 5.25. The molecule has 0 spiro atoms. The van der Waals surface area contributed by atoms with Crippen LogP contribution in [0.25, 0.3) is 0 Å². The first kappa shape index (κ1) is 15.2. The van der Waals surface area contributed by atoms with Crippen molar-refractivity contribution in [3.63, 3.8) is 0 Å². The molecule has 1 N–H and O–H groups in total. The van der Waals surface area contributed by atoms with Crippen molar-refractivity contribution in [3.05, 3.63) is 35.4 Å². The van der Waals surface area contributed by atoms with Gasteiger partial charge >= 0.3 is 0 Å². The minimum Gasteiger partial charge on any atom is -0.385 e. The molecule has 0 heterocycles. The van der Waals surface area contributed by atoms with E-state index in [0.717, 1.165) is 19.6 Å². The quantitative estimate of drug-likeness (QED) is 0.758. The van der Waals surface area contributed by atoms with Gasteiger partial charge in [-0.05, 0) is 37.8 Å². The van der Waals surface area contributed by atoms with Crippen molar-refractivity contribution < 1.29 is 4.74 Å². The van der Waals surface area contributed by atoms with Gasteiger partial charge in [-0.15, -0.1) is 0 Å². The SMILES string of the molecule is CCCNC(c1cccc(C)c1)C(C)CCOC. The molecule has 18 heavy (non-hydrogen) atoms. The van der Waals surface area contributed by atoms with Crippen LogP contribution in [0.1, 0.15) is 43.9 Å². The molecule has 102 valence electrons. The highest BCUT2D eigenvalue weighted by Crippen LogP contribution is 2.25. The number of benzene rings is 1. The monoisotopic (exact) mass is 249 g/mol. The maximum absolute atomic E-state index is 5.20. The van der Waals surface area contributed by atoms with Gasteiger partial charge in [0.25, 0.3) is 0 Å². The summed E-state index contributed by atoms with van der Waals surface area (Å²) in [6.07, 6.45) is 2.26. The molecule has 0 fully saturated rings. The fraction of sp³-hybridized carbons (Fsp3) is 0.625. The summed E-state index contributed by atoms with van der Waals surface area (Å²) in [7, 11) is 1.77. The molecule has 0 bridgehead atoms. The van der Waals surface area contributed by atoms with Gasteiger partial charge < -0.3 is 10.1 Å². The molecule has 0 radical (unpaired) electrons. The summed E-state index contributed by atoms with van der Waals surface area (Å²) in [6.45, 7) is 8.56. The molecule has 2 heteroatoms. The Morgan fingerprint density at radius 1 is 1.33 bits per heavy atom. The molecular formula is C16H27NO. The summed E-state index contributed by atoms with van der Waals surface area (Å²) >= 11 is 0. The van der Waals surface area contributed by atoms with Gasteiger partial charge in [0, 0.05) is 19.8 Å². The molecule has 1 rings (SSSR count). The number of hydrogen-bond donors (Lipinski definition) is 1. The minimum atomic E-state index is 0.431.